The van der Waals surface area contributed by atoms with E-state index in [2.05, 4.69) is 38.2 Å². The number of hydrogen-bond donors (Lipinski definition) is 2. The third-order valence-corrected chi connectivity index (χ3v) is 9.37. The minimum atomic E-state index is -0.934. The summed E-state index contributed by atoms with van der Waals surface area (Å²) in [6.45, 7) is 7.72. The molecule has 2 N–H and O–H groups in total. The summed E-state index contributed by atoms with van der Waals surface area (Å²) < 4.78 is 0. The lowest BCUT2D eigenvalue weighted by Crippen LogP contribution is -2.62. The van der Waals surface area contributed by atoms with Gasteiger partial charge in [0.05, 0.1) is 5.56 Å². The van der Waals surface area contributed by atoms with Crippen molar-refractivity contribution in [1.29, 1.82) is 0 Å². The van der Waals surface area contributed by atoms with Crippen LogP contribution in [0.2, 0.25) is 5.02 Å². The largest absolute Gasteiger partial charge is 0.478 e. The third-order valence-electron chi connectivity index (χ3n) is 9.12. The zero-order valence-corrected chi connectivity index (χ0v) is 24.2. The molecule has 0 unspecified atom stereocenters. The standard InChI is InChI=1S/C33H37ClN2O4/c1-31(2)26(22-7-9-24(10-8-22)29(38)39)15-19-32(3)21-36(20-16-27(31)32)30(40)33(17-5-4-6-18-33)35-28(37)23-11-13-25(34)14-12-23/h7-16H,4-6,17-21H2,1-3H3,(H,35,37)(H,38,39)/t32-/m0/s1. The number of carbonyl (C=O) groups excluding carboxylic acids is 2. The van der Waals surface area contributed by atoms with E-state index in [1.165, 1.54) is 11.1 Å². The monoisotopic (exact) mass is 560 g/mol. The van der Waals surface area contributed by atoms with Crippen LogP contribution in [-0.2, 0) is 4.79 Å². The van der Waals surface area contributed by atoms with Crippen molar-refractivity contribution >= 4 is 35.0 Å². The van der Waals surface area contributed by atoms with Crippen LogP contribution < -0.4 is 5.32 Å². The van der Waals surface area contributed by atoms with Crippen LogP contribution in [-0.4, -0.2) is 46.4 Å². The van der Waals surface area contributed by atoms with Gasteiger partial charge in [0.15, 0.2) is 0 Å². The Bertz CT molecular complexity index is 1380. The van der Waals surface area contributed by atoms with Crippen LogP contribution in [0.1, 0.15) is 85.6 Å². The van der Waals surface area contributed by atoms with E-state index in [1.807, 2.05) is 17.0 Å². The molecule has 2 aromatic carbocycles. The first-order chi connectivity index (χ1) is 18.9. The fraction of sp³-hybridized carbons (Fsp3) is 0.424. The lowest BCUT2D eigenvalue weighted by molar-refractivity contribution is -0.140. The lowest BCUT2D eigenvalue weighted by atomic mass is 9.58. The molecule has 0 aromatic heterocycles. The smallest absolute Gasteiger partial charge is 0.335 e. The van der Waals surface area contributed by atoms with Crippen LogP contribution >= 0.6 is 11.6 Å². The molecule has 0 spiro atoms. The van der Waals surface area contributed by atoms with Crippen molar-refractivity contribution in [2.24, 2.45) is 10.8 Å². The number of benzene rings is 2. The molecule has 5 rings (SSSR count). The molecule has 1 heterocycles. The normalized spacial score (nSPS) is 23.4. The number of rotatable bonds is 5. The number of carboxylic acids is 1. The summed E-state index contributed by atoms with van der Waals surface area (Å²) in [7, 11) is 0. The molecule has 0 saturated heterocycles. The van der Waals surface area contributed by atoms with Crippen LogP contribution in [0.5, 0.6) is 0 Å². The number of hydrogen-bond acceptors (Lipinski definition) is 3. The Hall–Kier alpha value is -3.38. The van der Waals surface area contributed by atoms with Gasteiger partial charge in [0.1, 0.15) is 5.54 Å². The zero-order valence-electron chi connectivity index (χ0n) is 23.4. The average Bonchev–Trinajstić information content (AvgIpc) is 2.93. The molecule has 1 saturated carbocycles. The molecule has 2 amide bonds. The van der Waals surface area contributed by atoms with Crippen LogP contribution in [0.3, 0.4) is 0 Å². The predicted octanol–water partition coefficient (Wildman–Crippen LogP) is 6.76. The lowest BCUT2D eigenvalue weighted by Gasteiger charge is -2.52. The highest BCUT2D eigenvalue weighted by Crippen LogP contribution is 2.55. The topological polar surface area (TPSA) is 86.7 Å². The van der Waals surface area contributed by atoms with Gasteiger partial charge in [-0.25, -0.2) is 4.79 Å². The second kappa shape index (κ2) is 10.5. The van der Waals surface area contributed by atoms with Gasteiger partial charge in [-0.3, -0.25) is 9.59 Å². The van der Waals surface area contributed by atoms with Gasteiger partial charge in [-0.2, -0.15) is 0 Å². The fourth-order valence-electron chi connectivity index (χ4n) is 7.10. The van der Waals surface area contributed by atoms with Crippen molar-refractivity contribution in [2.45, 2.75) is 64.8 Å². The van der Waals surface area contributed by atoms with E-state index in [1.54, 1.807) is 36.4 Å². The first kappa shape index (κ1) is 28.2. The van der Waals surface area contributed by atoms with E-state index in [-0.39, 0.29) is 28.2 Å². The van der Waals surface area contributed by atoms with Gasteiger partial charge < -0.3 is 15.3 Å². The highest BCUT2D eigenvalue weighted by atomic mass is 35.5. The number of nitrogens with one attached hydrogen (secondary N) is 1. The molecular formula is C33H37ClN2O4. The average molecular weight is 561 g/mol. The Labute approximate surface area is 241 Å². The molecule has 6 nitrogen and oxygen atoms in total. The Morgan fingerprint density at radius 3 is 2.12 bits per heavy atom. The number of carbonyl (C=O) groups is 3. The van der Waals surface area contributed by atoms with Gasteiger partial charge in [0, 0.05) is 34.5 Å². The molecule has 2 aliphatic carbocycles. The van der Waals surface area contributed by atoms with Crippen molar-refractivity contribution in [1.82, 2.24) is 10.2 Å². The van der Waals surface area contributed by atoms with E-state index in [0.29, 0.717) is 36.5 Å². The number of nitrogens with zero attached hydrogens (tertiary/aromatic N) is 1. The van der Waals surface area contributed by atoms with Crippen molar-refractivity contribution < 1.29 is 19.5 Å². The fourth-order valence-corrected chi connectivity index (χ4v) is 7.22. The van der Waals surface area contributed by atoms with Crippen LogP contribution in [0.15, 0.2) is 66.3 Å². The van der Waals surface area contributed by atoms with E-state index in [0.717, 1.165) is 31.2 Å². The van der Waals surface area contributed by atoms with E-state index >= 15 is 0 Å². The second-order valence-corrected chi connectivity index (χ2v) is 12.7. The second-order valence-electron chi connectivity index (χ2n) is 12.3. The number of allylic oxidation sites excluding steroid dienone is 2. The van der Waals surface area contributed by atoms with E-state index in [9.17, 15) is 19.5 Å². The molecule has 40 heavy (non-hydrogen) atoms. The maximum atomic E-state index is 14.2. The number of amides is 2. The molecule has 7 heteroatoms. The van der Waals surface area contributed by atoms with Gasteiger partial charge in [-0.05, 0) is 66.8 Å². The third kappa shape index (κ3) is 5.10. The summed E-state index contributed by atoms with van der Waals surface area (Å²) in [5.41, 5.74) is 2.83. The van der Waals surface area contributed by atoms with Gasteiger partial charge in [-0.1, -0.05) is 81.5 Å². The van der Waals surface area contributed by atoms with E-state index in [4.69, 9.17) is 11.6 Å². The number of aromatic carboxylic acids is 1. The Morgan fingerprint density at radius 1 is 0.875 bits per heavy atom. The molecule has 2 aromatic rings. The number of fused-ring (bicyclic) bond motifs is 1. The predicted molar refractivity (Wildman–Crippen MR) is 157 cm³/mol. The molecule has 3 aliphatic rings. The summed E-state index contributed by atoms with van der Waals surface area (Å²) in [5, 5.41) is 13.0. The van der Waals surface area contributed by atoms with Gasteiger partial charge in [-0.15, -0.1) is 0 Å². The van der Waals surface area contributed by atoms with Crippen LogP contribution in [0, 0.1) is 10.8 Å². The Kier molecular flexibility index (Phi) is 7.43. The number of carboxylic acid groups (broad SMARTS) is 1. The molecular weight excluding hydrogens is 524 g/mol. The van der Waals surface area contributed by atoms with Gasteiger partial charge >= 0.3 is 5.97 Å². The molecule has 0 bridgehead atoms. The van der Waals surface area contributed by atoms with Crippen molar-refractivity contribution in [3.05, 3.63) is 88.0 Å². The van der Waals surface area contributed by atoms with E-state index < -0.39 is 11.5 Å². The van der Waals surface area contributed by atoms with Gasteiger partial charge in [0.2, 0.25) is 5.91 Å². The molecule has 1 atom stereocenters. The quantitative estimate of drug-likeness (QED) is 0.396. The van der Waals surface area contributed by atoms with Crippen LogP contribution in [0.4, 0.5) is 0 Å². The first-order valence-corrected chi connectivity index (χ1v) is 14.5. The minimum absolute atomic E-state index is 0.00267. The SMILES string of the molecule is CC1(C)C(c2ccc(C(=O)O)cc2)=CC[C@@]2(C)CN(C(=O)C3(NC(=O)c4ccc(Cl)cc4)CCCCC3)CC=C12. The van der Waals surface area contributed by atoms with Crippen molar-refractivity contribution in [3.8, 4) is 0 Å². The Balaban J connectivity index is 1.39. The summed E-state index contributed by atoms with van der Waals surface area (Å²) in [6.07, 6.45) is 9.36. The summed E-state index contributed by atoms with van der Waals surface area (Å²) in [4.78, 5) is 40.8. The maximum Gasteiger partial charge on any atom is 0.335 e. The number of halogens is 1. The first-order valence-electron chi connectivity index (χ1n) is 14.1. The van der Waals surface area contributed by atoms with Crippen molar-refractivity contribution in [3.63, 3.8) is 0 Å². The molecule has 1 aliphatic heterocycles. The molecule has 1 fully saturated rings. The Morgan fingerprint density at radius 2 is 1.50 bits per heavy atom. The summed E-state index contributed by atoms with van der Waals surface area (Å²) in [6, 6.07) is 13.8. The zero-order chi connectivity index (χ0) is 28.7. The summed E-state index contributed by atoms with van der Waals surface area (Å²) >= 11 is 6.01. The van der Waals surface area contributed by atoms with Crippen LogP contribution in [0.25, 0.3) is 5.57 Å². The molecule has 210 valence electrons. The highest BCUT2D eigenvalue weighted by Gasteiger charge is 2.50. The minimum Gasteiger partial charge on any atom is -0.478 e. The highest BCUT2D eigenvalue weighted by molar-refractivity contribution is 6.30. The molecule has 0 radical (unpaired) electrons. The van der Waals surface area contributed by atoms with Gasteiger partial charge in [0.25, 0.3) is 5.91 Å². The maximum absolute atomic E-state index is 14.2. The summed E-state index contributed by atoms with van der Waals surface area (Å²) in [5.74, 6) is -1.18. The van der Waals surface area contributed by atoms with Crippen molar-refractivity contribution in [2.75, 3.05) is 13.1 Å².